The molecule has 2 aromatic rings. The van der Waals surface area contributed by atoms with Gasteiger partial charge in [0.2, 0.25) is 0 Å². The monoisotopic (exact) mass is 291 g/mol. The molecule has 20 heavy (non-hydrogen) atoms. The molecule has 0 unspecified atom stereocenters. The van der Waals surface area contributed by atoms with Crippen LogP contribution in [0.1, 0.15) is 21.8 Å². The molecule has 0 saturated heterocycles. The molecule has 0 spiro atoms. The Morgan fingerprint density at radius 3 is 2.90 bits per heavy atom. The lowest BCUT2D eigenvalue weighted by Crippen LogP contribution is -2.17. The summed E-state index contributed by atoms with van der Waals surface area (Å²) in [5.74, 6) is 0.0125. The maximum Gasteiger partial charge on any atom is 0.328 e. The molecule has 0 saturated carbocycles. The average molecular weight is 291 g/mol. The third-order valence-electron chi connectivity index (χ3n) is 3.01. The Kier molecular flexibility index (Phi) is 4.76. The van der Waals surface area contributed by atoms with Crippen molar-refractivity contribution in [1.29, 1.82) is 0 Å². The molecule has 0 aliphatic carbocycles. The van der Waals surface area contributed by atoms with Gasteiger partial charge in [-0.2, -0.15) is 0 Å². The van der Waals surface area contributed by atoms with Gasteiger partial charge in [0.15, 0.2) is 0 Å². The third kappa shape index (κ3) is 3.82. The molecular formula is C15H17NO3S. The van der Waals surface area contributed by atoms with Gasteiger partial charge in [-0.25, -0.2) is 4.79 Å². The highest BCUT2D eigenvalue weighted by Gasteiger charge is 2.09. The first-order valence-corrected chi connectivity index (χ1v) is 7.13. The van der Waals surface area contributed by atoms with E-state index in [1.54, 1.807) is 23.7 Å². The van der Waals surface area contributed by atoms with Crippen LogP contribution in [0.4, 0.5) is 0 Å². The van der Waals surface area contributed by atoms with Gasteiger partial charge in [-0.15, -0.1) is 11.3 Å². The van der Waals surface area contributed by atoms with Crippen molar-refractivity contribution in [3.05, 3.63) is 51.6 Å². The van der Waals surface area contributed by atoms with Gasteiger partial charge >= 0.3 is 5.97 Å². The standard InChI is InChI=1S/C15H17NO3S/c1-11-13(5-7-19-11)9-16(2)10-14-12(6-8-20-14)3-4-15(17)18/h3-8H,9-10H2,1-2H3,(H,17,18). The van der Waals surface area contributed by atoms with E-state index in [9.17, 15) is 4.79 Å². The predicted molar refractivity (Wildman–Crippen MR) is 79.6 cm³/mol. The van der Waals surface area contributed by atoms with Crippen molar-refractivity contribution in [2.75, 3.05) is 7.05 Å². The van der Waals surface area contributed by atoms with Gasteiger partial charge in [0.05, 0.1) is 6.26 Å². The minimum atomic E-state index is -0.926. The minimum Gasteiger partial charge on any atom is -0.478 e. The first-order chi connectivity index (χ1) is 9.56. The van der Waals surface area contributed by atoms with E-state index in [-0.39, 0.29) is 0 Å². The number of carboxylic acid groups (broad SMARTS) is 1. The van der Waals surface area contributed by atoms with Gasteiger partial charge in [-0.3, -0.25) is 4.90 Å². The minimum absolute atomic E-state index is 0.779. The zero-order valence-corrected chi connectivity index (χ0v) is 12.3. The fraction of sp³-hybridized carbons (Fsp3) is 0.267. The number of nitrogens with zero attached hydrogens (tertiary/aromatic N) is 1. The van der Waals surface area contributed by atoms with E-state index in [1.165, 1.54) is 11.6 Å². The maximum absolute atomic E-state index is 10.6. The molecule has 4 nitrogen and oxygen atoms in total. The molecular weight excluding hydrogens is 274 g/mol. The average Bonchev–Trinajstić information content (AvgIpc) is 2.97. The van der Waals surface area contributed by atoms with Crippen LogP contribution in [0.25, 0.3) is 6.08 Å². The summed E-state index contributed by atoms with van der Waals surface area (Å²) in [5, 5.41) is 10.7. The predicted octanol–water partition coefficient (Wildman–Crippen LogP) is 3.38. The second-order valence-electron chi connectivity index (χ2n) is 4.65. The van der Waals surface area contributed by atoms with Crippen molar-refractivity contribution >= 4 is 23.4 Å². The Morgan fingerprint density at radius 2 is 2.25 bits per heavy atom. The van der Waals surface area contributed by atoms with Crippen molar-refractivity contribution in [1.82, 2.24) is 4.90 Å². The molecule has 0 amide bonds. The molecule has 2 heterocycles. The van der Waals surface area contributed by atoms with E-state index in [0.717, 1.165) is 29.3 Å². The number of thiophene rings is 1. The van der Waals surface area contributed by atoms with Gasteiger partial charge in [0.25, 0.3) is 0 Å². The Balaban J connectivity index is 2.01. The highest BCUT2D eigenvalue weighted by atomic mass is 32.1. The second kappa shape index (κ2) is 6.54. The molecule has 0 bridgehead atoms. The molecule has 0 aliphatic heterocycles. The maximum atomic E-state index is 10.6. The van der Waals surface area contributed by atoms with E-state index >= 15 is 0 Å². The van der Waals surface area contributed by atoms with Gasteiger partial charge in [0, 0.05) is 29.6 Å². The van der Waals surface area contributed by atoms with Crippen LogP contribution in [0.15, 0.2) is 34.3 Å². The summed E-state index contributed by atoms with van der Waals surface area (Å²) in [6.07, 6.45) is 4.52. The lowest BCUT2D eigenvalue weighted by Gasteiger charge is -2.15. The van der Waals surface area contributed by atoms with Gasteiger partial charge in [0.1, 0.15) is 5.76 Å². The molecule has 5 heteroatoms. The molecule has 106 valence electrons. The number of aryl methyl sites for hydroxylation is 1. The second-order valence-corrected chi connectivity index (χ2v) is 5.65. The normalized spacial score (nSPS) is 11.6. The summed E-state index contributed by atoms with van der Waals surface area (Å²) in [5.41, 5.74) is 2.14. The SMILES string of the molecule is Cc1occc1CN(C)Cc1sccc1C=CC(=O)O. The smallest absolute Gasteiger partial charge is 0.328 e. The summed E-state index contributed by atoms with van der Waals surface area (Å²) >= 11 is 1.64. The van der Waals surface area contributed by atoms with Crippen molar-refractivity contribution in [2.45, 2.75) is 20.0 Å². The molecule has 0 aliphatic rings. The van der Waals surface area contributed by atoms with Crippen LogP contribution >= 0.6 is 11.3 Å². The van der Waals surface area contributed by atoms with Crippen molar-refractivity contribution < 1.29 is 14.3 Å². The Morgan fingerprint density at radius 1 is 1.45 bits per heavy atom. The van der Waals surface area contributed by atoms with E-state index in [0.29, 0.717) is 0 Å². The Bertz CT molecular complexity index is 612. The van der Waals surface area contributed by atoms with Crippen LogP contribution < -0.4 is 0 Å². The first kappa shape index (κ1) is 14.6. The van der Waals surface area contributed by atoms with Crippen LogP contribution in [0.5, 0.6) is 0 Å². The third-order valence-corrected chi connectivity index (χ3v) is 3.93. The van der Waals surface area contributed by atoms with Crippen LogP contribution in [0.3, 0.4) is 0 Å². The van der Waals surface area contributed by atoms with Gasteiger partial charge in [-0.05, 0) is 43.1 Å². The Hall–Kier alpha value is -1.85. The van der Waals surface area contributed by atoms with Gasteiger partial charge in [-0.1, -0.05) is 0 Å². The fourth-order valence-electron chi connectivity index (χ4n) is 1.96. The largest absolute Gasteiger partial charge is 0.478 e. The van der Waals surface area contributed by atoms with Crippen LogP contribution in [0.2, 0.25) is 0 Å². The number of carbonyl (C=O) groups is 1. The number of rotatable bonds is 6. The van der Waals surface area contributed by atoms with E-state index in [4.69, 9.17) is 9.52 Å². The number of aliphatic carboxylic acids is 1. The molecule has 0 radical (unpaired) electrons. The van der Waals surface area contributed by atoms with Crippen molar-refractivity contribution in [3.8, 4) is 0 Å². The Labute approximate surface area is 122 Å². The van der Waals surface area contributed by atoms with Crippen molar-refractivity contribution in [2.24, 2.45) is 0 Å². The van der Waals surface area contributed by atoms with E-state index in [1.807, 2.05) is 31.5 Å². The molecule has 0 fully saturated rings. The van der Waals surface area contributed by atoms with E-state index in [2.05, 4.69) is 4.90 Å². The number of carboxylic acids is 1. The van der Waals surface area contributed by atoms with Crippen LogP contribution in [-0.4, -0.2) is 23.0 Å². The number of hydrogen-bond donors (Lipinski definition) is 1. The summed E-state index contributed by atoms with van der Waals surface area (Å²) in [7, 11) is 2.04. The van der Waals surface area contributed by atoms with Crippen LogP contribution in [-0.2, 0) is 17.9 Å². The lowest BCUT2D eigenvalue weighted by molar-refractivity contribution is -0.131. The number of hydrogen-bond acceptors (Lipinski definition) is 4. The summed E-state index contributed by atoms with van der Waals surface area (Å²) in [4.78, 5) is 13.9. The highest BCUT2D eigenvalue weighted by molar-refractivity contribution is 7.10. The van der Waals surface area contributed by atoms with E-state index < -0.39 is 5.97 Å². The topological polar surface area (TPSA) is 53.7 Å². The van der Waals surface area contributed by atoms with Crippen molar-refractivity contribution in [3.63, 3.8) is 0 Å². The zero-order chi connectivity index (χ0) is 14.5. The molecule has 2 aromatic heterocycles. The quantitative estimate of drug-likeness (QED) is 0.829. The fourth-order valence-corrected chi connectivity index (χ4v) is 2.90. The molecule has 2 rings (SSSR count). The lowest BCUT2D eigenvalue weighted by atomic mass is 10.2. The molecule has 1 N–H and O–H groups in total. The highest BCUT2D eigenvalue weighted by Crippen LogP contribution is 2.21. The van der Waals surface area contributed by atoms with Gasteiger partial charge < -0.3 is 9.52 Å². The first-order valence-electron chi connectivity index (χ1n) is 6.25. The zero-order valence-electron chi connectivity index (χ0n) is 11.5. The summed E-state index contributed by atoms with van der Waals surface area (Å²) in [6, 6.07) is 3.92. The summed E-state index contributed by atoms with van der Waals surface area (Å²) < 4.78 is 5.29. The summed E-state index contributed by atoms with van der Waals surface area (Å²) in [6.45, 7) is 3.54. The molecule has 0 aromatic carbocycles. The molecule has 0 atom stereocenters. The number of furan rings is 1. The van der Waals surface area contributed by atoms with Crippen LogP contribution in [0, 0.1) is 6.92 Å².